The van der Waals surface area contributed by atoms with Gasteiger partial charge in [-0.1, -0.05) is 39.1 Å². The summed E-state index contributed by atoms with van der Waals surface area (Å²) in [5.74, 6) is 0. The molecule has 0 amide bonds. The Kier molecular flexibility index (Phi) is 13.6. The van der Waals surface area contributed by atoms with Crippen molar-refractivity contribution < 1.29 is 20.8 Å². The third-order valence-corrected chi connectivity index (χ3v) is 7.38. The molecule has 0 aliphatic rings. The Balaban J connectivity index is 0.000000175. The molecule has 0 spiro atoms. The predicted octanol–water partition coefficient (Wildman–Crippen LogP) is 10.7. The quantitative estimate of drug-likeness (QED) is 0.138. The summed E-state index contributed by atoms with van der Waals surface area (Å²) in [6.45, 7) is 8.69. The van der Waals surface area contributed by atoms with Crippen LogP contribution in [0.15, 0.2) is 83.8 Å². The number of halogens is 2. The molecule has 2 nitrogen and oxygen atoms in total. The first kappa shape index (κ1) is 31.1. The van der Waals surface area contributed by atoms with E-state index >= 15 is 0 Å². The van der Waals surface area contributed by atoms with Crippen LogP contribution in [-0.4, -0.2) is 19.5 Å². The molecule has 0 aliphatic carbocycles. The standard InChI is InChI=1S/2C14H12NS.C2H6Si.2ClH.Zr/c2*1-2-10-8-11-4-3-5-12(13(11)9-10)14-15-6-7-16-14;1-3-2;;;/h2*3-9H,2H2,1H3;1-2H3;2*1H;/q2*-1;;;;+4/p-2. The number of hydrogen-bond acceptors (Lipinski definition) is 4. The molecule has 0 saturated carbocycles. The summed E-state index contributed by atoms with van der Waals surface area (Å²) in [7, 11) is 11.0. The number of fused-ring (bicyclic) bond motifs is 2. The van der Waals surface area contributed by atoms with Gasteiger partial charge in [-0.3, -0.25) is 0 Å². The van der Waals surface area contributed by atoms with Crippen LogP contribution in [-0.2, 0) is 33.7 Å². The summed E-state index contributed by atoms with van der Waals surface area (Å²) in [6.07, 6.45) is 5.91. The van der Waals surface area contributed by atoms with Gasteiger partial charge in [0.1, 0.15) is 10.0 Å². The Morgan fingerprint density at radius 3 is 1.47 bits per heavy atom. The minimum atomic E-state index is -0.826. The SMILES string of the molecule is CCc1cc2c(-c3nccs3)cccc2[cH-]1.CCc1cc2c(-c3nccs3)cccc2[cH-]1.C[Si]C.[Cl][Zr+2][Cl]. The van der Waals surface area contributed by atoms with Gasteiger partial charge in [0.25, 0.3) is 0 Å². The molecule has 4 aromatic carbocycles. The van der Waals surface area contributed by atoms with Crippen LogP contribution in [0.2, 0.25) is 13.1 Å². The van der Waals surface area contributed by atoms with Crippen molar-refractivity contribution in [2.24, 2.45) is 0 Å². The van der Waals surface area contributed by atoms with Crippen molar-refractivity contribution in [3.8, 4) is 21.1 Å². The normalized spacial score (nSPS) is 10.1. The van der Waals surface area contributed by atoms with Gasteiger partial charge < -0.3 is 0 Å². The number of nitrogens with zero attached hydrogens (tertiary/aromatic N) is 2. The molecule has 0 N–H and O–H groups in total. The van der Waals surface area contributed by atoms with Crippen LogP contribution < -0.4 is 0 Å². The molecular weight excluding hydrogens is 643 g/mol. The van der Waals surface area contributed by atoms with Crippen LogP contribution in [0.4, 0.5) is 0 Å². The van der Waals surface area contributed by atoms with Gasteiger partial charge in [-0.2, -0.15) is 12.1 Å². The Labute approximate surface area is 255 Å². The molecule has 6 rings (SSSR count). The molecule has 6 aromatic rings. The molecule has 2 aromatic heterocycles. The van der Waals surface area contributed by atoms with Crippen LogP contribution in [0.5, 0.6) is 0 Å². The number of aryl methyl sites for hydroxylation is 2. The van der Waals surface area contributed by atoms with Crippen molar-refractivity contribution in [2.45, 2.75) is 39.8 Å². The van der Waals surface area contributed by atoms with E-state index < -0.39 is 20.8 Å². The summed E-state index contributed by atoms with van der Waals surface area (Å²) < 4.78 is 0. The predicted molar refractivity (Wildman–Crippen MR) is 169 cm³/mol. The summed E-state index contributed by atoms with van der Waals surface area (Å²) in [5, 5.41) is 11.6. The molecule has 0 saturated heterocycles. The fourth-order valence-corrected chi connectivity index (χ4v) is 5.44. The van der Waals surface area contributed by atoms with E-state index in [0.29, 0.717) is 0 Å². The van der Waals surface area contributed by atoms with Crippen molar-refractivity contribution >= 4 is 70.8 Å². The zero-order valence-electron chi connectivity index (χ0n) is 22.0. The van der Waals surface area contributed by atoms with Gasteiger partial charge in [0.15, 0.2) is 0 Å². The monoisotopic (exact) mass is 670 g/mol. The zero-order valence-corrected chi connectivity index (χ0v) is 28.6. The molecule has 38 heavy (non-hydrogen) atoms. The van der Waals surface area contributed by atoms with E-state index in [2.05, 4.69) is 97.6 Å². The van der Waals surface area contributed by atoms with Crippen molar-refractivity contribution in [3.05, 3.63) is 94.9 Å². The molecule has 0 aliphatic heterocycles. The zero-order chi connectivity index (χ0) is 27.3. The molecule has 0 fully saturated rings. The van der Waals surface area contributed by atoms with E-state index in [-0.39, 0.29) is 0 Å². The van der Waals surface area contributed by atoms with Gasteiger partial charge in [0, 0.05) is 32.7 Å². The molecular formula is C30H30Cl2N2S2SiZr. The van der Waals surface area contributed by atoms with Crippen molar-refractivity contribution in [1.29, 1.82) is 0 Å². The first-order chi connectivity index (χ1) is 18.6. The summed E-state index contributed by atoms with van der Waals surface area (Å²) >= 11 is 2.57. The van der Waals surface area contributed by atoms with Crippen LogP contribution in [0.1, 0.15) is 25.0 Å². The van der Waals surface area contributed by atoms with E-state index in [1.165, 1.54) is 43.8 Å². The van der Waals surface area contributed by atoms with Crippen LogP contribution in [0.25, 0.3) is 42.7 Å². The number of benzene rings is 2. The first-order valence-corrected chi connectivity index (χ1v) is 22.4. The molecule has 0 bridgehead atoms. The number of rotatable bonds is 4. The second kappa shape index (κ2) is 16.6. The second-order valence-corrected chi connectivity index (χ2v) is 14.8. The number of hydrogen-bond donors (Lipinski definition) is 0. The molecule has 194 valence electrons. The maximum absolute atomic E-state index is 4.93. The minimum absolute atomic E-state index is 0.826. The van der Waals surface area contributed by atoms with Gasteiger partial charge >= 0.3 is 37.9 Å². The van der Waals surface area contributed by atoms with E-state index in [0.717, 1.165) is 32.4 Å². The number of aromatic nitrogens is 2. The summed E-state index contributed by atoms with van der Waals surface area (Å²) in [5.41, 5.74) is 5.32. The Morgan fingerprint density at radius 2 is 1.16 bits per heavy atom. The van der Waals surface area contributed by atoms with Gasteiger partial charge in [-0.05, 0) is 24.0 Å². The Morgan fingerprint density at radius 1 is 0.763 bits per heavy atom. The van der Waals surface area contributed by atoms with Crippen molar-refractivity contribution in [2.75, 3.05) is 0 Å². The number of thiazole rings is 2. The summed E-state index contributed by atoms with van der Waals surface area (Å²) in [4.78, 5) is 8.78. The fraction of sp³-hybridized carbons (Fsp3) is 0.200. The average Bonchev–Trinajstić information content (AvgIpc) is 3.75. The fourth-order valence-electron chi connectivity index (χ4n) is 4.09. The van der Waals surface area contributed by atoms with E-state index in [4.69, 9.17) is 17.0 Å². The second-order valence-electron chi connectivity index (χ2n) is 8.30. The van der Waals surface area contributed by atoms with E-state index in [1.807, 2.05) is 23.2 Å². The Bertz CT molecular complexity index is 1380. The van der Waals surface area contributed by atoms with Gasteiger partial charge in [-0.25, -0.2) is 9.97 Å². The van der Waals surface area contributed by atoms with Crippen LogP contribution in [0.3, 0.4) is 0 Å². The molecule has 2 heterocycles. The van der Waals surface area contributed by atoms with E-state index in [9.17, 15) is 0 Å². The van der Waals surface area contributed by atoms with Crippen LogP contribution in [0, 0.1) is 0 Å². The first-order valence-electron chi connectivity index (χ1n) is 12.3. The van der Waals surface area contributed by atoms with Crippen molar-refractivity contribution in [1.82, 2.24) is 9.97 Å². The summed E-state index contributed by atoms with van der Waals surface area (Å²) in [6, 6.07) is 22.0. The Hall–Kier alpha value is -1.40. The third kappa shape index (κ3) is 8.30. The van der Waals surface area contributed by atoms with Gasteiger partial charge in [-0.15, -0.1) is 91.7 Å². The topological polar surface area (TPSA) is 25.8 Å². The molecule has 2 radical (unpaired) electrons. The third-order valence-electron chi connectivity index (χ3n) is 5.76. The molecule has 0 atom stereocenters. The molecule has 8 heteroatoms. The maximum atomic E-state index is 4.93. The van der Waals surface area contributed by atoms with Gasteiger partial charge in [0.05, 0.1) is 0 Å². The van der Waals surface area contributed by atoms with Crippen LogP contribution >= 0.6 is 39.7 Å². The average molecular weight is 673 g/mol. The molecule has 0 unspecified atom stereocenters. The van der Waals surface area contributed by atoms with E-state index in [1.54, 1.807) is 22.7 Å². The van der Waals surface area contributed by atoms with Gasteiger partial charge in [0.2, 0.25) is 0 Å². The van der Waals surface area contributed by atoms with Crippen molar-refractivity contribution in [3.63, 3.8) is 0 Å².